The zero-order valence-corrected chi connectivity index (χ0v) is 14.6. The highest BCUT2D eigenvalue weighted by molar-refractivity contribution is 9.10. The minimum absolute atomic E-state index is 0.237. The van der Waals surface area contributed by atoms with Crippen LogP contribution in [0, 0.1) is 0 Å². The van der Waals surface area contributed by atoms with Crippen molar-refractivity contribution in [2.45, 2.75) is 4.83 Å². The Morgan fingerprint density at radius 2 is 1.88 bits per heavy atom. The average molecular weight is 429 g/mol. The minimum Gasteiger partial charge on any atom is -0.143 e. The first-order valence-corrected chi connectivity index (χ1v) is 9.31. The van der Waals surface area contributed by atoms with Gasteiger partial charge in [0.05, 0.1) is 4.83 Å². The van der Waals surface area contributed by atoms with Gasteiger partial charge in [-0.1, -0.05) is 27.5 Å². The van der Waals surface area contributed by atoms with Gasteiger partial charge in [0.2, 0.25) is 0 Å². The molecule has 3 aromatic heterocycles. The van der Waals surface area contributed by atoms with Gasteiger partial charge in [0, 0.05) is 23.6 Å². The van der Waals surface area contributed by atoms with E-state index in [4.69, 9.17) is 11.6 Å². The highest BCUT2D eigenvalue weighted by Gasteiger charge is 2.17. The highest BCUT2D eigenvalue weighted by atomic mass is 79.9. The number of fused-ring (bicyclic) bond motifs is 1. The van der Waals surface area contributed by atoms with E-state index in [0.29, 0.717) is 0 Å². The minimum atomic E-state index is 0.237. The molecule has 0 amide bonds. The molecule has 0 saturated carbocycles. The quantitative estimate of drug-likeness (QED) is 0.388. The molecule has 1 atom stereocenters. The number of rotatable bonds is 2. The lowest BCUT2D eigenvalue weighted by Crippen LogP contribution is -1.83. The SMILES string of the molecule is Clc1sc(C(Br)c2cc3sccc3s2)cc1Br. The maximum Gasteiger partial charge on any atom is 0.107 e. The fourth-order valence-corrected chi connectivity index (χ4v) is 6.29. The molecular formula is C11H5Br2ClS3. The second kappa shape index (κ2) is 4.94. The molecule has 0 N–H and O–H groups in total. The Bertz CT molecular complexity index is 619. The Balaban J connectivity index is 2.01. The predicted octanol–water partition coefficient (Wildman–Crippen LogP) is 6.92. The summed E-state index contributed by atoms with van der Waals surface area (Å²) in [6, 6.07) is 6.51. The lowest BCUT2D eigenvalue weighted by molar-refractivity contribution is 1.29. The molecule has 0 saturated heterocycles. The summed E-state index contributed by atoms with van der Waals surface area (Å²) in [7, 11) is 0. The van der Waals surface area contributed by atoms with Crippen LogP contribution in [0.4, 0.5) is 0 Å². The number of thiophene rings is 3. The lowest BCUT2D eigenvalue weighted by Gasteiger charge is -2.03. The summed E-state index contributed by atoms with van der Waals surface area (Å²) in [6.45, 7) is 0. The molecule has 0 bridgehead atoms. The van der Waals surface area contributed by atoms with Crippen LogP contribution in [0.15, 0.2) is 28.1 Å². The summed E-state index contributed by atoms with van der Waals surface area (Å²) in [5.74, 6) is 0. The third-order valence-electron chi connectivity index (χ3n) is 2.32. The molecule has 0 aliphatic heterocycles. The molecule has 3 rings (SSSR count). The van der Waals surface area contributed by atoms with Gasteiger partial charge in [0.1, 0.15) is 4.34 Å². The molecule has 0 fully saturated rings. The predicted molar refractivity (Wildman–Crippen MR) is 87.5 cm³/mol. The summed E-state index contributed by atoms with van der Waals surface area (Å²) in [6.07, 6.45) is 0. The van der Waals surface area contributed by atoms with E-state index in [1.54, 1.807) is 22.7 Å². The van der Waals surface area contributed by atoms with Crippen molar-refractivity contribution in [3.05, 3.63) is 42.1 Å². The van der Waals surface area contributed by atoms with E-state index in [1.165, 1.54) is 19.2 Å². The van der Waals surface area contributed by atoms with Crippen molar-refractivity contribution in [3.63, 3.8) is 0 Å². The maximum atomic E-state index is 6.07. The van der Waals surface area contributed by atoms with E-state index in [-0.39, 0.29) is 4.83 Å². The van der Waals surface area contributed by atoms with Crippen LogP contribution in [-0.4, -0.2) is 0 Å². The molecule has 0 nitrogen and oxygen atoms in total. The monoisotopic (exact) mass is 426 g/mol. The van der Waals surface area contributed by atoms with Crippen molar-refractivity contribution in [2.75, 3.05) is 0 Å². The van der Waals surface area contributed by atoms with Crippen LogP contribution in [0.25, 0.3) is 9.40 Å². The van der Waals surface area contributed by atoms with Crippen LogP contribution in [-0.2, 0) is 0 Å². The van der Waals surface area contributed by atoms with E-state index in [1.807, 2.05) is 11.3 Å². The van der Waals surface area contributed by atoms with Crippen LogP contribution in [0.2, 0.25) is 4.34 Å². The Morgan fingerprint density at radius 3 is 2.53 bits per heavy atom. The Morgan fingerprint density at radius 1 is 1.12 bits per heavy atom. The second-order valence-corrected chi connectivity index (χ2v) is 8.95. The van der Waals surface area contributed by atoms with Gasteiger partial charge in [-0.05, 0) is 39.5 Å². The maximum absolute atomic E-state index is 6.07. The molecule has 3 heterocycles. The van der Waals surface area contributed by atoms with Gasteiger partial charge in [-0.3, -0.25) is 0 Å². The van der Waals surface area contributed by atoms with Crippen molar-refractivity contribution >= 4 is 86.9 Å². The van der Waals surface area contributed by atoms with E-state index in [0.717, 1.165) is 8.81 Å². The zero-order valence-electron chi connectivity index (χ0n) is 8.25. The van der Waals surface area contributed by atoms with E-state index < -0.39 is 0 Å². The Labute approximate surface area is 132 Å². The van der Waals surface area contributed by atoms with E-state index >= 15 is 0 Å². The fraction of sp³-hybridized carbons (Fsp3) is 0.0909. The molecule has 6 heteroatoms. The van der Waals surface area contributed by atoms with Gasteiger partial charge < -0.3 is 0 Å². The van der Waals surface area contributed by atoms with Crippen molar-refractivity contribution in [3.8, 4) is 0 Å². The van der Waals surface area contributed by atoms with Gasteiger partial charge in [-0.25, -0.2) is 0 Å². The third-order valence-corrected chi connectivity index (χ3v) is 8.61. The topological polar surface area (TPSA) is 0 Å². The largest absolute Gasteiger partial charge is 0.143 e. The lowest BCUT2D eigenvalue weighted by atomic mass is 10.3. The molecule has 1 unspecified atom stereocenters. The number of hydrogen-bond donors (Lipinski definition) is 0. The van der Waals surface area contributed by atoms with E-state index in [2.05, 4.69) is 55.4 Å². The fourth-order valence-electron chi connectivity index (χ4n) is 1.54. The summed E-state index contributed by atoms with van der Waals surface area (Å²) in [5, 5.41) is 2.13. The summed E-state index contributed by atoms with van der Waals surface area (Å²) < 4.78 is 4.50. The molecule has 88 valence electrons. The highest BCUT2D eigenvalue weighted by Crippen LogP contribution is 2.44. The third kappa shape index (κ3) is 2.38. The van der Waals surface area contributed by atoms with Crippen LogP contribution < -0.4 is 0 Å². The van der Waals surface area contributed by atoms with Gasteiger partial charge in [-0.2, -0.15) is 0 Å². The van der Waals surface area contributed by atoms with Gasteiger partial charge in [0.25, 0.3) is 0 Å². The van der Waals surface area contributed by atoms with Crippen molar-refractivity contribution in [1.29, 1.82) is 0 Å². The molecule has 0 aliphatic rings. The average Bonchev–Trinajstić information content (AvgIpc) is 2.92. The molecular weight excluding hydrogens is 424 g/mol. The molecule has 0 aliphatic carbocycles. The molecule has 0 aromatic carbocycles. The van der Waals surface area contributed by atoms with Gasteiger partial charge in [-0.15, -0.1) is 34.0 Å². The van der Waals surface area contributed by atoms with E-state index in [9.17, 15) is 0 Å². The van der Waals surface area contributed by atoms with Crippen LogP contribution in [0.3, 0.4) is 0 Å². The number of hydrogen-bond acceptors (Lipinski definition) is 3. The van der Waals surface area contributed by atoms with Crippen LogP contribution in [0.1, 0.15) is 14.6 Å². The van der Waals surface area contributed by atoms with Gasteiger partial charge >= 0.3 is 0 Å². The Kier molecular flexibility index (Phi) is 3.67. The number of alkyl halides is 1. The first-order valence-electron chi connectivity index (χ1n) is 4.71. The van der Waals surface area contributed by atoms with Crippen molar-refractivity contribution < 1.29 is 0 Å². The molecule has 3 aromatic rings. The molecule has 0 radical (unpaired) electrons. The summed E-state index contributed by atoms with van der Waals surface area (Å²) in [4.78, 5) is 2.80. The Hall–Kier alpha value is 0.610. The standard InChI is InChI=1S/C11H5Br2ClS3/c12-5-3-8(17-11(5)14)10(13)9-4-7-6(16-9)1-2-15-7/h1-4,10H. The molecule has 0 spiro atoms. The van der Waals surface area contributed by atoms with Crippen LogP contribution >= 0.6 is 77.5 Å². The molecule has 17 heavy (non-hydrogen) atoms. The second-order valence-electron chi connectivity index (χ2n) is 3.43. The smallest absolute Gasteiger partial charge is 0.107 e. The zero-order chi connectivity index (χ0) is 12.0. The first kappa shape index (κ1) is 12.6. The summed E-state index contributed by atoms with van der Waals surface area (Å²) in [5.41, 5.74) is 0. The van der Waals surface area contributed by atoms with Gasteiger partial charge in [0.15, 0.2) is 0 Å². The first-order chi connectivity index (χ1) is 8.15. The van der Waals surface area contributed by atoms with Crippen molar-refractivity contribution in [1.82, 2.24) is 0 Å². The normalized spacial score (nSPS) is 13.4. The van der Waals surface area contributed by atoms with Crippen LogP contribution in [0.5, 0.6) is 0 Å². The summed E-state index contributed by atoms with van der Waals surface area (Å²) >= 11 is 18.5. The number of halogens is 3. The van der Waals surface area contributed by atoms with Crippen molar-refractivity contribution in [2.24, 2.45) is 0 Å².